The summed E-state index contributed by atoms with van der Waals surface area (Å²) in [7, 11) is 1.38. The lowest BCUT2D eigenvalue weighted by atomic mass is 10.0. The molecule has 0 unspecified atom stereocenters. The maximum Gasteiger partial charge on any atom is 0.338 e. The number of hydrogen-bond donors (Lipinski definition) is 1. The van der Waals surface area contributed by atoms with Crippen LogP contribution >= 0.6 is 0 Å². The van der Waals surface area contributed by atoms with Gasteiger partial charge in [-0.3, -0.25) is 0 Å². The van der Waals surface area contributed by atoms with Gasteiger partial charge in [0.05, 0.1) is 12.7 Å². The molecule has 0 bridgehead atoms. The van der Waals surface area contributed by atoms with Crippen LogP contribution in [0.5, 0.6) is 0 Å². The summed E-state index contributed by atoms with van der Waals surface area (Å²) in [4.78, 5) is 11.9. The molecule has 0 aromatic heterocycles. The molecule has 0 atom stereocenters. The monoisotopic (exact) mass is 253 g/mol. The highest BCUT2D eigenvalue weighted by atomic mass is 16.5. The number of benzene rings is 2. The SMILES string of the molecule is COC(=O)/C(=C/c1ccc(N)cc1)c1ccccc1. The summed E-state index contributed by atoms with van der Waals surface area (Å²) in [6.45, 7) is 0. The first-order valence-electron chi connectivity index (χ1n) is 5.91. The molecule has 0 amide bonds. The van der Waals surface area contributed by atoms with Crippen molar-refractivity contribution in [3.8, 4) is 0 Å². The molecule has 0 aliphatic heterocycles. The quantitative estimate of drug-likeness (QED) is 0.396. The van der Waals surface area contributed by atoms with Crippen LogP contribution < -0.4 is 5.73 Å². The molecule has 3 heteroatoms. The average molecular weight is 253 g/mol. The molecule has 0 saturated heterocycles. The molecule has 0 radical (unpaired) electrons. The standard InChI is InChI=1S/C16H15NO2/c1-19-16(18)15(13-5-3-2-4-6-13)11-12-7-9-14(17)10-8-12/h2-11H,17H2,1H3/b15-11+. The van der Waals surface area contributed by atoms with E-state index in [1.807, 2.05) is 42.5 Å². The van der Waals surface area contributed by atoms with Crippen molar-refractivity contribution in [1.29, 1.82) is 0 Å². The normalized spacial score (nSPS) is 11.1. The zero-order chi connectivity index (χ0) is 13.7. The molecule has 2 aromatic rings. The van der Waals surface area contributed by atoms with Gasteiger partial charge in [0.2, 0.25) is 0 Å². The minimum Gasteiger partial charge on any atom is -0.465 e. The Kier molecular flexibility index (Phi) is 3.98. The molecule has 0 aliphatic rings. The van der Waals surface area contributed by atoms with E-state index in [4.69, 9.17) is 10.5 Å². The molecule has 0 heterocycles. The lowest BCUT2D eigenvalue weighted by Crippen LogP contribution is -2.03. The highest BCUT2D eigenvalue weighted by molar-refractivity contribution is 6.21. The second-order valence-electron chi connectivity index (χ2n) is 4.08. The Labute approximate surface area is 112 Å². The fourth-order valence-corrected chi connectivity index (χ4v) is 1.75. The molecular weight excluding hydrogens is 238 g/mol. The minimum absolute atomic E-state index is 0.358. The van der Waals surface area contributed by atoms with Gasteiger partial charge in [-0.15, -0.1) is 0 Å². The molecule has 2 aromatic carbocycles. The number of rotatable bonds is 3. The van der Waals surface area contributed by atoms with Gasteiger partial charge in [-0.1, -0.05) is 42.5 Å². The van der Waals surface area contributed by atoms with Gasteiger partial charge in [-0.2, -0.15) is 0 Å². The summed E-state index contributed by atoms with van der Waals surface area (Å²) in [5, 5.41) is 0. The number of carbonyl (C=O) groups is 1. The first-order valence-corrected chi connectivity index (χ1v) is 5.91. The molecule has 0 saturated carbocycles. The topological polar surface area (TPSA) is 52.3 Å². The number of methoxy groups -OCH3 is 1. The van der Waals surface area contributed by atoms with E-state index in [1.54, 1.807) is 18.2 Å². The smallest absolute Gasteiger partial charge is 0.338 e. The van der Waals surface area contributed by atoms with Crippen LogP contribution in [0.15, 0.2) is 54.6 Å². The van der Waals surface area contributed by atoms with Crippen molar-refractivity contribution in [3.63, 3.8) is 0 Å². The van der Waals surface area contributed by atoms with Crippen LogP contribution in [0, 0.1) is 0 Å². The van der Waals surface area contributed by atoms with E-state index in [0.717, 1.165) is 11.1 Å². The predicted octanol–water partition coefficient (Wildman–Crippen LogP) is 2.98. The van der Waals surface area contributed by atoms with Crippen LogP contribution in [-0.2, 0) is 9.53 Å². The van der Waals surface area contributed by atoms with Gasteiger partial charge in [-0.25, -0.2) is 4.79 Å². The Morgan fingerprint density at radius 2 is 1.68 bits per heavy atom. The summed E-state index contributed by atoms with van der Waals surface area (Å²) in [6.07, 6.45) is 1.79. The molecule has 2 N–H and O–H groups in total. The second kappa shape index (κ2) is 5.87. The third-order valence-corrected chi connectivity index (χ3v) is 2.74. The summed E-state index contributed by atoms with van der Waals surface area (Å²) >= 11 is 0. The third kappa shape index (κ3) is 3.22. The van der Waals surface area contributed by atoms with Crippen molar-refractivity contribution in [1.82, 2.24) is 0 Å². The van der Waals surface area contributed by atoms with Crippen molar-refractivity contribution in [2.24, 2.45) is 0 Å². The Morgan fingerprint density at radius 1 is 1.05 bits per heavy atom. The summed E-state index contributed by atoms with van der Waals surface area (Å²) in [5.74, 6) is -0.358. The lowest BCUT2D eigenvalue weighted by molar-refractivity contribution is -0.133. The molecule has 0 aliphatic carbocycles. The largest absolute Gasteiger partial charge is 0.465 e. The molecule has 0 fully saturated rings. The number of hydrogen-bond acceptors (Lipinski definition) is 3. The maximum atomic E-state index is 11.9. The van der Waals surface area contributed by atoms with E-state index in [9.17, 15) is 4.79 Å². The Balaban J connectivity index is 2.44. The summed E-state index contributed by atoms with van der Waals surface area (Å²) in [5.41, 5.74) is 8.58. The molecule has 19 heavy (non-hydrogen) atoms. The van der Waals surface area contributed by atoms with Crippen molar-refractivity contribution >= 4 is 23.3 Å². The van der Waals surface area contributed by atoms with Gasteiger partial charge < -0.3 is 10.5 Å². The molecule has 2 rings (SSSR count). The fraction of sp³-hybridized carbons (Fsp3) is 0.0625. The molecular formula is C16H15NO2. The van der Waals surface area contributed by atoms with Crippen LogP contribution in [0.2, 0.25) is 0 Å². The number of nitrogens with two attached hydrogens (primary N) is 1. The first kappa shape index (κ1) is 12.9. The van der Waals surface area contributed by atoms with Gasteiger partial charge in [0.15, 0.2) is 0 Å². The highest BCUT2D eigenvalue weighted by Gasteiger charge is 2.11. The maximum absolute atomic E-state index is 11.9. The van der Waals surface area contributed by atoms with E-state index < -0.39 is 0 Å². The zero-order valence-corrected chi connectivity index (χ0v) is 10.7. The number of anilines is 1. The van der Waals surface area contributed by atoms with Crippen LogP contribution in [0.3, 0.4) is 0 Å². The van der Waals surface area contributed by atoms with E-state index in [-0.39, 0.29) is 5.97 Å². The van der Waals surface area contributed by atoms with Crippen LogP contribution in [0.1, 0.15) is 11.1 Å². The van der Waals surface area contributed by atoms with Crippen molar-refractivity contribution in [2.75, 3.05) is 12.8 Å². The number of ether oxygens (including phenoxy) is 1. The average Bonchev–Trinajstić information content (AvgIpc) is 2.47. The van der Waals surface area contributed by atoms with E-state index in [1.165, 1.54) is 7.11 Å². The highest BCUT2D eigenvalue weighted by Crippen LogP contribution is 2.20. The van der Waals surface area contributed by atoms with Crippen molar-refractivity contribution in [2.45, 2.75) is 0 Å². The Hall–Kier alpha value is -2.55. The third-order valence-electron chi connectivity index (χ3n) is 2.74. The van der Waals surface area contributed by atoms with Gasteiger partial charge in [0, 0.05) is 5.69 Å². The molecule has 96 valence electrons. The van der Waals surface area contributed by atoms with E-state index >= 15 is 0 Å². The van der Waals surface area contributed by atoms with Crippen LogP contribution in [-0.4, -0.2) is 13.1 Å². The van der Waals surface area contributed by atoms with Gasteiger partial charge in [-0.05, 0) is 29.3 Å². The number of esters is 1. The Morgan fingerprint density at radius 3 is 2.26 bits per heavy atom. The number of nitrogen functional groups attached to an aromatic ring is 1. The predicted molar refractivity (Wildman–Crippen MR) is 77.2 cm³/mol. The summed E-state index contributed by atoms with van der Waals surface area (Å²) < 4.78 is 4.83. The zero-order valence-electron chi connectivity index (χ0n) is 10.7. The van der Waals surface area contributed by atoms with E-state index in [0.29, 0.717) is 11.3 Å². The second-order valence-corrected chi connectivity index (χ2v) is 4.08. The van der Waals surface area contributed by atoms with Crippen LogP contribution in [0.25, 0.3) is 11.6 Å². The van der Waals surface area contributed by atoms with Crippen LogP contribution in [0.4, 0.5) is 5.69 Å². The molecule has 3 nitrogen and oxygen atoms in total. The van der Waals surface area contributed by atoms with Gasteiger partial charge >= 0.3 is 5.97 Å². The molecule has 0 spiro atoms. The number of carbonyl (C=O) groups excluding carboxylic acids is 1. The van der Waals surface area contributed by atoms with E-state index in [2.05, 4.69) is 0 Å². The van der Waals surface area contributed by atoms with Gasteiger partial charge in [0.1, 0.15) is 0 Å². The van der Waals surface area contributed by atoms with Crippen molar-refractivity contribution < 1.29 is 9.53 Å². The fourth-order valence-electron chi connectivity index (χ4n) is 1.75. The van der Waals surface area contributed by atoms with Crippen molar-refractivity contribution in [3.05, 3.63) is 65.7 Å². The first-order chi connectivity index (χ1) is 9.20. The van der Waals surface area contributed by atoms with Gasteiger partial charge in [0.25, 0.3) is 0 Å². The summed E-state index contributed by atoms with van der Waals surface area (Å²) in [6, 6.07) is 16.7. The lowest BCUT2D eigenvalue weighted by Gasteiger charge is -2.06. The Bertz CT molecular complexity index is 586. The minimum atomic E-state index is -0.358.